The lowest BCUT2D eigenvalue weighted by atomic mass is 9.88. The van der Waals surface area contributed by atoms with Crippen LogP contribution in [0.25, 0.3) is 0 Å². The Morgan fingerprint density at radius 2 is 1.75 bits per heavy atom. The zero-order chi connectivity index (χ0) is 8.97. The predicted molar refractivity (Wildman–Crippen MR) is 44.9 cm³/mol. The van der Waals surface area contributed by atoms with Gasteiger partial charge in [0.25, 0.3) is 0 Å². The van der Waals surface area contributed by atoms with Crippen LogP contribution in [0.15, 0.2) is 11.8 Å². The van der Waals surface area contributed by atoms with Crippen LogP contribution in [-0.2, 0) is 4.79 Å². The Balaban J connectivity index is 2.49. The normalized spacial score (nSPS) is 20.8. The minimum Gasteiger partial charge on any atom is -0.512 e. The summed E-state index contributed by atoms with van der Waals surface area (Å²) in [6, 6.07) is 0. The van der Waals surface area contributed by atoms with Crippen LogP contribution in [-0.4, -0.2) is 16.2 Å². The monoisotopic (exact) mass is 170 g/mol. The first-order valence-electron chi connectivity index (χ1n) is 4.33. The number of hydrogen-bond donors (Lipinski definition) is 2. The standard InChI is InChI=1S/C9H14O3/c10-8(6-9(11)12)7-4-2-1-3-5-7/h6-7,10H,1-5H2,(H,11,12). The molecule has 0 atom stereocenters. The predicted octanol–water partition coefficient (Wildman–Crippen LogP) is 2.09. The highest BCUT2D eigenvalue weighted by Crippen LogP contribution is 2.28. The van der Waals surface area contributed by atoms with Gasteiger partial charge in [-0.2, -0.15) is 0 Å². The zero-order valence-corrected chi connectivity index (χ0v) is 6.99. The van der Waals surface area contributed by atoms with Gasteiger partial charge in [-0.25, -0.2) is 4.79 Å². The van der Waals surface area contributed by atoms with Crippen LogP contribution >= 0.6 is 0 Å². The summed E-state index contributed by atoms with van der Waals surface area (Å²) in [5.41, 5.74) is 0. The third kappa shape index (κ3) is 2.57. The van der Waals surface area contributed by atoms with Crippen LogP contribution in [0.5, 0.6) is 0 Å². The van der Waals surface area contributed by atoms with E-state index in [9.17, 15) is 9.90 Å². The molecule has 3 heteroatoms. The maximum absolute atomic E-state index is 10.2. The van der Waals surface area contributed by atoms with Crippen molar-refractivity contribution in [3.05, 3.63) is 11.8 Å². The molecule has 0 aliphatic heterocycles. The summed E-state index contributed by atoms with van der Waals surface area (Å²) in [5.74, 6) is -0.921. The number of aliphatic hydroxyl groups excluding tert-OH is 1. The average molecular weight is 170 g/mol. The molecular weight excluding hydrogens is 156 g/mol. The highest BCUT2D eigenvalue weighted by atomic mass is 16.4. The van der Waals surface area contributed by atoms with Crippen molar-refractivity contribution in [1.29, 1.82) is 0 Å². The molecule has 0 radical (unpaired) electrons. The van der Waals surface area contributed by atoms with Gasteiger partial charge >= 0.3 is 5.97 Å². The van der Waals surface area contributed by atoms with Crippen molar-refractivity contribution >= 4 is 5.97 Å². The molecule has 0 spiro atoms. The van der Waals surface area contributed by atoms with Crippen molar-refractivity contribution in [2.75, 3.05) is 0 Å². The van der Waals surface area contributed by atoms with E-state index in [-0.39, 0.29) is 11.7 Å². The van der Waals surface area contributed by atoms with Crippen LogP contribution in [0.4, 0.5) is 0 Å². The van der Waals surface area contributed by atoms with E-state index in [0.717, 1.165) is 31.8 Å². The zero-order valence-electron chi connectivity index (χ0n) is 6.99. The fraction of sp³-hybridized carbons (Fsp3) is 0.667. The van der Waals surface area contributed by atoms with Crippen LogP contribution < -0.4 is 0 Å². The van der Waals surface area contributed by atoms with Gasteiger partial charge < -0.3 is 10.2 Å². The van der Waals surface area contributed by atoms with Gasteiger partial charge in [0.15, 0.2) is 0 Å². The highest BCUT2D eigenvalue weighted by Gasteiger charge is 2.17. The van der Waals surface area contributed by atoms with Gasteiger partial charge in [0.2, 0.25) is 0 Å². The minimum absolute atomic E-state index is 0.0437. The first kappa shape index (κ1) is 9.10. The molecule has 1 aliphatic rings. The molecule has 0 unspecified atom stereocenters. The molecule has 12 heavy (non-hydrogen) atoms. The molecule has 1 saturated carbocycles. The van der Waals surface area contributed by atoms with E-state index in [1.165, 1.54) is 6.42 Å². The fourth-order valence-electron chi connectivity index (χ4n) is 1.64. The van der Waals surface area contributed by atoms with Gasteiger partial charge in [-0.05, 0) is 12.8 Å². The summed E-state index contributed by atoms with van der Waals surface area (Å²) in [5, 5.41) is 17.7. The average Bonchev–Trinajstić information content (AvgIpc) is 2.05. The second kappa shape index (κ2) is 4.14. The largest absolute Gasteiger partial charge is 0.512 e. The topological polar surface area (TPSA) is 57.5 Å². The quantitative estimate of drug-likeness (QED) is 0.492. The van der Waals surface area contributed by atoms with Crippen molar-refractivity contribution < 1.29 is 15.0 Å². The lowest BCUT2D eigenvalue weighted by Gasteiger charge is -2.20. The smallest absolute Gasteiger partial charge is 0.331 e. The van der Waals surface area contributed by atoms with E-state index in [1.54, 1.807) is 0 Å². The van der Waals surface area contributed by atoms with Crippen molar-refractivity contribution in [1.82, 2.24) is 0 Å². The lowest BCUT2D eigenvalue weighted by Crippen LogP contribution is -2.10. The summed E-state index contributed by atoms with van der Waals surface area (Å²) >= 11 is 0. The van der Waals surface area contributed by atoms with E-state index >= 15 is 0 Å². The number of carboxylic acids is 1. The van der Waals surface area contributed by atoms with E-state index in [1.807, 2.05) is 0 Å². The summed E-state index contributed by atoms with van der Waals surface area (Å²) < 4.78 is 0. The van der Waals surface area contributed by atoms with Crippen LogP contribution in [0.1, 0.15) is 32.1 Å². The van der Waals surface area contributed by atoms with Crippen LogP contribution in [0.2, 0.25) is 0 Å². The highest BCUT2D eigenvalue weighted by molar-refractivity contribution is 5.80. The van der Waals surface area contributed by atoms with Crippen molar-refractivity contribution in [3.63, 3.8) is 0 Å². The maximum atomic E-state index is 10.2. The molecular formula is C9H14O3. The summed E-state index contributed by atoms with van der Waals surface area (Å²) in [6.07, 6.45) is 6.17. The van der Waals surface area contributed by atoms with E-state index in [4.69, 9.17) is 5.11 Å². The molecule has 1 rings (SSSR count). The Morgan fingerprint density at radius 1 is 1.17 bits per heavy atom. The number of allylic oxidation sites excluding steroid dienone is 1. The molecule has 1 fully saturated rings. The van der Waals surface area contributed by atoms with Gasteiger partial charge in [-0.1, -0.05) is 19.3 Å². The van der Waals surface area contributed by atoms with Gasteiger partial charge in [-0.15, -0.1) is 0 Å². The Kier molecular flexibility index (Phi) is 3.14. The molecule has 0 amide bonds. The molecule has 3 nitrogen and oxygen atoms in total. The third-order valence-electron chi connectivity index (χ3n) is 2.29. The van der Waals surface area contributed by atoms with E-state index in [0.29, 0.717) is 0 Å². The summed E-state index contributed by atoms with van der Waals surface area (Å²) in [4.78, 5) is 10.2. The second-order valence-corrected chi connectivity index (χ2v) is 3.24. The van der Waals surface area contributed by atoms with Gasteiger partial charge in [-0.3, -0.25) is 0 Å². The van der Waals surface area contributed by atoms with Crippen molar-refractivity contribution in [2.45, 2.75) is 32.1 Å². The minimum atomic E-state index is -1.06. The van der Waals surface area contributed by atoms with Crippen molar-refractivity contribution in [3.8, 4) is 0 Å². The molecule has 0 bridgehead atoms. The van der Waals surface area contributed by atoms with E-state index < -0.39 is 5.97 Å². The Morgan fingerprint density at radius 3 is 2.25 bits per heavy atom. The second-order valence-electron chi connectivity index (χ2n) is 3.24. The van der Waals surface area contributed by atoms with Gasteiger partial charge in [0.1, 0.15) is 5.76 Å². The Labute approximate surface area is 71.7 Å². The maximum Gasteiger partial charge on any atom is 0.331 e. The van der Waals surface area contributed by atoms with Gasteiger partial charge in [0, 0.05) is 5.92 Å². The SMILES string of the molecule is O=C(O)C=C(O)C1CCCCC1. The van der Waals surface area contributed by atoms with Crippen LogP contribution in [0, 0.1) is 5.92 Å². The molecule has 0 aromatic heterocycles. The number of hydrogen-bond acceptors (Lipinski definition) is 2. The number of carbonyl (C=O) groups is 1. The molecule has 0 heterocycles. The first-order chi connectivity index (χ1) is 5.70. The molecule has 0 aromatic rings. The molecule has 0 saturated heterocycles. The molecule has 0 aromatic carbocycles. The van der Waals surface area contributed by atoms with Crippen LogP contribution in [0.3, 0.4) is 0 Å². The number of aliphatic carboxylic acids is 1. The van der Waals surface area contributed by atoms with Gasteiger partial charge in [0.05, 0.1) is 6.08 Å². The first-order valence-corrected chi connectivity index (χ1v) is 4.33. The van der Waals surface area contributed by atoms with Crippen molar-refractivity contribution in [2.24, 2.45) is 5.92 Å². The summed E-state index contributed by atoms with van der Waals surface area (Å²) in [6.45, 7) is 0. The summed E-state index contributed by atoms with van der Waals surface area (Å²) in [7, 11) is 0. The lowest BCUT2D eigenvalue weighted by molar-refractivity contribution is -0.131. The third-order valence-corrected chi connectivity index (χ3v) is 2.29. The molecule has 68 valence electrons. The molecule has 2 N–H and O–H groups in total. The van der Waals surface area contributed by atoms with E-state index in [2.05, 4.69) is 0 Å². The number of carboxylic acid groups (broad SMARTS) is 1. The number of rotatable bonds is 2. The fourth-order valence-corrected chi connectivity index (χ4v) is 1.64. The Bertz CT molecular complexity index is 190. The number of aliphatic hydroxyl groups is 1. The Hall–Kier alpha value is -0.990. The molecule has 1 aliphatic carbocycles.